The molecule has 0 aromatic rings. The van der Waals surface area contributed by atoms with Gasteiger partial charge in [0.05, 0.1) is 19.3 Å². The van der Waals surface area contributed by atoms with Crippen molar-refractivity contribution in [1.82, 2.24) is 4.90 Å². The van der Waals surface area contributed by atoms with E-state index in [-0.39, 0.29) is 43.0 Å². The van der Waals surface area contributed by atoms with Gasteiger partial charge in [-0.1, -0.05) is 253 Å². The summed E-state index contributed by atoms with van der Waals surface area (Å²) in [5, 5.41) is 9.21. The lowest BCUT2D eigenvalue weighted by Gasteiger charge is -2.37. The molecule has 1 saturated heterocycles. The number of ether oxygens (including phenoxy) is 5. The van der Waals surface area contributed by atoms with Gasteiger partial charge < -0.3 is 28.8 Å². The molecule has 1 N–H and O–H groups in total. The van der Waals surface area contributed by atoms with Gasteiger partial charge in [0.15, 0.2) is 0 Å². The minimum absolute atomic E-state index is 0.0752. The number of aliphatic hydroxyl groups excluding tert-OH is 1. The summed E-state index contributed by atoms with van der Waals surface area (Å²) in [5.74, 6) is -1.76. The topological polar surface area (TPSA) is 138 Å². The van der Waals surface area contributed by atoms with Crippen LogP contribution >= 0.6 is 0 Å². The minimum Gasteiger partial charge on any atom is -0.466 e. The molecule has 0 spiro atoms. The summed E-state index contributed by atoms with van der Waals surface area (Å²) in [7, 11) is 0. The molecule has 0 amide bonds. The van der Waals surface area contributed by atoms with E-state index in [2.05, 4.69) is 39.5 Å². The van der Waals surface area contributed by atoms with Crippen LogP contribution in [0.15, 0.2) is 0 Å². The zero-order valence-electron chi connectivity index (χ0n) is 52.7. The molecule has 0 aliphatic carbocycles. The summed E-state index contributed by atoms with van der Waals surface area (Å²) in [5.41, 5.74) is 0. The van der Waals surface area contributed by atoms with Crippen molar-refractivity contribution in [1.29, 1.82) is 0 Å². The van der Waals surface area contributed by atoms with E-state index in [9.17, 15) is 24.3 Å². The summed E-state index contributed by atoms with van der Waals surface area (Å²) in [6.07, 6.45) is 52.1. The lowest BCUT2D eigenvalue weighted by Crippen LogP contribution is -2.42. The second kappa shape index (κ2) is 55.0. The van der Waals surface area contributed by atoms with Gasteiger partial charge in [-0.2, -0.15) is 0 Å². The third kappa shape index (κ3) is 44.0. The molecule has 466 valence electrons. The van der Waals surface area contributed by atoms with Crippen molar-refractivity contribution in [2.75, 3.05) is 32.9 Å². The first-order valence-corrected chi connectivity index (χ1v) is 34.4. The van der Waals surface area contributed by atoms with Crippen LogP contribution in [0.5, 0.6) is 0 Å². The van der Waals surface area contributed by atoms with Gasteiger partial charge in [0.25, 0.3) is 0 Å². The van der Waals surface area contributed by atoms with Crippen LogP contribution in [0.2, 0.25) is 0 Å². The van der Waals surface area contributed by atoms with Gasteiger partial charge in [0.1, 0.15) is 12.1 Å². The van der Waals surface area contributed by atoms with Crippen LogP contribution < -0.4 is 0 Å². The van der Waals surface area contributed by atoms with Crippen LogP contribution in [0.3, 0.4) is 0 Å². The highest BCUT2D eigenvalue weighted by atomic mass is 16.7. The number of esters is 4. The maximum Gasteiger partial charge on any atom is 0.323 e. The van der Waals surface area contributed by atoms with Gasteiger partial charge in [-0.25, -0.2) is 0 Å². The molecule has 0 bridgehead atoms. The van der Waals surface area contributed by atoms with Crippen molar-refractivity contribution >= 4 is 23.9 Å². The lowest BCUT2D eigenvalue weighted by molar-refractivity contribution is -0.259. The normalized spacial score (nSPS) is 14.8. The van der Waals surface area contributed by atoms with E-state index in [4.69, 9.17) is 23.7 Å². The number of carbonyl (C=O) groups excluding carboxylic acids is 4. The fourth-order valence-electron chi connectivity index (χ4n) is 11.4. The Morgan fingerprint density at radius 3 is 1.32 bits per heavy atom. The first-order chi connectivity index (χ1) is 38.7. The summed E-state index contributed by atoms with van der Waals surface area (Å²) in [4.78, 5) is 54.5. The van der Waals surface area contributed by atoms with E-state index >= 15 is 0 Å². The van der Waals surface area contributed by atoms with Crippen LogP contribution in [0.1, 0.15) is 356 Å². The van der Waals surface area contributed by atoms with Crippen molar-refractivity contribution < 1.29 is 48.0 Å². The number of aliphatic hydroxyl groups is 1. The second-order valence-corrected chi connectivity index (χ2v) is 24.0. The molecule has 1 heterocycles. The molecule has 11 heteroatoms. The quantitative estimate of drug-likeness (QED) is 0.0270. The smallest absolute Gasteiger partial charge is 0.323 e. The highest BCUT2D eigenvalue weighted by Gasteiger charge is 2.40. The molecule has 2 atom stereocenters. The predicted octanol–water partition coefficient (Wildman–Crippen LogP) is 18.9. The number of hydrogen-bond donors (Lipinski definition) is 1. The second-order valence-electron chi connectivity index (χ2n) is 24.0. The Morgan fingerprint density at radius 2 is 0.835 bits per heavy atom. The summed E-state index contributed by atoms with van der Waals surface area (Å²) >= 11 is 0. The van der Waals surface area contributed by atoms with Gasteiger partial charge in [-0.15, -0.1) is 0 Å². The minimum atomic E-state index is -0.857. The van der Waals surface area contributed by atoms with E-state index in [0.29, 0.717) is 52.0 Å². The van der Waals surface area contributed by atoms with Gasteiger partial charge in [0.2, 0.25) is 5.79 Å². The van der Waals surface area contributed by atoms with E-state index < -0.39 is 17.9 Å². The molecule has 11 nitrogen and oxygen atoms in total. The third-order valence-corrected chi connectivity index (χ3v) is 16.3. The summed E-state index contributed by atoms with van der Waals surface area (Å²) < 4.78 is 31.1. The molecule has 79 heavy (non-hydrogen) atoms. The molecule has 1 unspecified atom stereocenters. The summed E-state index contributed by atoms with van der Waals surface area (Å²) in [6.45, 7) is 13.2. The Kier molecular flexibility index (Phi) is 52.0. The fraction of sp³-hybridized carbons (Fsp3) is 0.941. The first kappa shape index (κ1) is 74.8. The standard InChI is InChI=1S/C68H129NO10/c1-6-11-16-21-26-27-28-35-45-57-75-64(71)50-41-37-44-55-69-60-62(77-65(72)52-47-56-70)59-63(69)67(74)76-58-46-36-29-32-40-51-66(73)79-68(53-42-33-24-19-14-9-4,54-43-34-25-20-15-10-5)78-61(48-38-30-22-17-12-7-2)49-39-31-23-18-13-8-3/h61-63,70H,6-60H2,1-5H3/t62?,63-/m0/s1. The molecule has 1 fully saturated rings. The molecular formula is C68H129NO10. The number of rotatable bonds is 60. The fourth-order valence-corrected chi connectivity index (χ4v) is 11.4. The maximum absolute atomic E-state index is 14.0. The first-order valence-electron chi connectivity index (χ1n) is 34.4. The van der Waals surface area contributed by atoms with Gasteiger partial charge in [0, 0.05) is 51.7 Å². The zero-order valence-corrected chi connectivity index (χ0v) is 52.7. The van der Waals surface area contributed by atoms with Crippen LogP contribution in [-0.2, 0) is 42.9 Å². The van der Waals surface area contributed by atoms with E-state index in [0.717, 1.165) is 116 Å². The van der Waals surface area contributed by atoms with Gasteiger partial charge in [-0.3, -0.25) is 24.1 Å². The third-order valence-electron chi connectivity index (χ3n) is 16.3. The Hall–Kier alpha value is -2.24. The van der Waals surface area contributed by atoms with Crippen molar-refractivity contribution in [2.24, 2.45) is 0 Å². The number of likely N-dealkylation sites (tertiary alicyclic amines) is 1. The van der Waals surface area contributed by atoms with Crippen molar-refractivity contribution in [3.05, 3.63) is 0 Å². The number of hydrogen-bond acceptors (Lipinski definition) is 11. The molecular weight excluding hydrogens is 991 g/mol. The Morgan fingerprint density at radius 1 is 0.443 bits per heavy atom. The number of unbranched alkanes of at least 4 members (excludes halogenated alkanes) is 34. The largest absolute Gasteiger partial charge is 0.466 e. The molecule has 0 aromatic heterocycles. The van der Waals surface area contributed by atoms with Crippen LogP contribution in [0, 0.1) is 0 Å². The molecule has 0 aromatic carbocycles. The lowest BCUT2D eigenvalue weighted by atomic mass is 9.97. The molecule has 1 rings (SSSR count). The average Bonchev–Trinajstić information content (AvgIpc) is 3.86. The maximum atomic E-state index is 14.0. The van der Waals surface area contributed by atoms with Crippen molar-refractivity contribution in [3.63, 3.8) is 0 Å². The van der Waals surface area contributed by atoms with Crippen molar-refractivity contribution in [3.8, 4) is 0 Å². The molecule has 0 saturated carbocycles. The SMILES string of the molecule is CCCCCCCCCCCOC(=O)CCCCCN1CC(OC(=O)CCCO)C[C@H]1C(=O)OCCCCCCCC(=O)OC(CCCCCCCC)(CCCCCCCC)OC(CCCCCCCC)CCCCCCCC. The highest BCUT2D eigenvalue weighted by molar-refractivity contribution is 5.76. The zero-order chi connectivity index (χ0) is 57.5. The Balaban J connectivity index is 2.80. The van der Waals surface area contributed by atoms with E-state index in [1.807, 2.05) is 0 Å². The van der Waals surface area contributed by atoms with Crippen LogP contribution in [0.25, 0.3) is 0 Å². The van der Waals surface area contributed by atoms with E-state index in [1.54, 1.807) is 0 Å². The van der Waals surface area contributed by atoms with Gasteiger partial charge >= 0.3 is 23.9 Å². The van der Waals surface area contributed by atoms with Crippen LogP contribution in [0.4, 0.5) is 0 Å². The van der Waals surface area contributed by atoms with Gasteiger partial charge in [-0.05, 0) is 70.8 Å². The number of nitrogens with zero attached hydrogens (tertiary/aromatic N) is 1. The number of carbonyl (C=O) groups is 4. The Bertz CT molecular complexity index is 1360. The molecule has 0 radical (unpaired) electrons. The average molecular weight is 1120 g/mol. The predicted molar refractivity (Wildman–Crippen MR) is 327 cm³/mol. The van der Waals surface area contributed by atoms with E-state index in [1.165, 1.54) is 173 Å². The molecule has 1 aliphatic rings. The molecule has 1 aliphatic heterocycles. The highest BCUT2D eigenvalue weighted by Crippen LogP contribution is 2.34. The Labute approximate surface area is 487 Å². The monoisotopic (exact) mass is 1120 g/mol. The van der Waals surface area contributed by atoms with Crippen LogP contribution in [-0.4, -0.2) is 90.8 Å². The van der Waals surface area contributed by atoms with Crippen molar-refractivity contribution in [2.45, 2.75) is 380 Å². The summed E-state index contributed by atoms with van der Waals surface area (Å²) in [6, 6.07) is -0.498.